The molecule has 6 aromatic rings. The number of hydrogen-bond acceptors (Lipinski definition) is 11. The van der Waals surface area contributed by atoms with Crippen molar-refractivity contribution in [1.82, 2.24) is 15.6 Å². The maximum Gasteiger partial charge on any atom is 0.245 e. The van der Waals surface area contributed by atoms with Crippen molar-refractivity contribution in [3.63, 3.8) is 0 Å². The second kappa shape index (κ2) is 37.6. The van der Waals surface area contributed by atoms with Crippen LogP contribution in [0.1, 0.15) is 66.5 Å². The molecule has 4 atom stereocenters. The largest absolute Gasteiger partial charge is 0.327 e. The molecule has 0 radical (unpaired) electrons. The summed E-state index contributed by atoms with van der Waals surface area (Å²) in [4.78, 5) is 49.7. The molecule has 0 saturated heterocycles. The number of rotatable bonds is 27. The van der Waals surface area contributed by atoms with Crippen molar-refractivity contribution in [3.05, 3.63) is 215 Å². The van der Waals surface area contributed by atoms with E-state index in [4.69, 9.17) is 37.4 Å². The molecule has 4 unspecified atom stereocenters. The number of carbonyl (C=O) groups excluding carboxylic acids is 3. The number of nitrogens with two attached hydrogens (primary N) is 4. The van der Waals surface area contributed by atoms with Crippen molar-refractivity contribution >= 4 is 31.4 Å². The Bertz CT molecular complexity index is 2260. The van der Waals surface area contributed by atoms with Crippen molar-refractivity contribution < 1.29 is 28.9 Å². The Hall–Kier alpha value is -6.20. The van der Waals surface area contributed by atoms with Gasteiger partial charge in [0.1, 0.15) is 13.2 Å². The summed E-state index contributed by atoms with van der Waals surface area (Å²) in [6.07, 6.45) is 5.80. The molecule has 72 heavy (non-hydrogen) atoms. The van der Waals surface area contributed by atoms with Crippen molar-refractivity contribution in [1.29, 1.82) is 0 Å². The SMILES string of the molecule is CC(C)CC(N)CN(C=O)OCc1ccccc1.NC(CC(=O)NOCc1ccccc1)Cc1ccccc1.NC(CCS)Cc1ccccc1.NC(Cc1ccccc1)CN(C=O)OCc1ccccc1. The molecule has 0 bridgehead atoms. The fourth-order valence-electron chi connectivity index (χ4n) is 7.07. The van der Waals surface area contributed by atoms with Crippen LogP contribution in [0.4, 0.5) is 0 Å². The number of amides is 3. The van der Waals surface area contributed by atoms with Crippen molar-refractivity contribution in [2.75, 3.05) is 18.8 Å². The third-order valence-electron chi connectivity index (χ3n) is 10.6. The summed E-state index contributed by atoms with van der Waals surface area (Å²) < 4.78 is 0. The molecule has 0 aromatic heterocycles. The average Bonchev–Trinajstić information content (AvgIpc) is 3.38. The maximum absolute atomic E-state index is 11.7. The minimum absolute atomic E-state index is 0.0500. The molecule has 0 aliphatic carbocycles. The molecule has 14 heteroatoms. The van der Waals surface area contributed by atoms with Gasteiger partial charge in [-0.2, -0.15) is 12.6 Å². The van der Waals surface area contributed by atoms with Gasteiger partial charge in [-0.1, -0.05) is 196 Å². The number of carbonyl (C=O) groups is 3. The van der Waals surface area contributed by atoms with E-state index in [2.05, 4.69) is 44.1 Å². The fourth-order valence-corrected chi connectivity index (χ4v) is 7.40. The minimum Gasteiger partial charge on any atom is -0.327 e. The number of hydrogen-bond donors (Lipinski definition) is 6. The third kappa shape index (κ3) is 29.2. The van der Waals surface area contributed by atoms with E-state index in [0.717, 1.165) is 52.8 Å². The molecular formula is C58H77N7O6S. The molecule has 6 rings (SSSR count). The van der Waals surface area contributed by atoms with Crippen molar-refractivity contribution in [2.24, 2.45) is 28.9 Å². The molecule has 0 fully saturated rings. The average molecular weight is 1000 g/mol. The van der Waals surface area contributed by atoms with Crippen LogP contribution in [0, 0.1) is 5.92 Å². The number of hydroxylamine groups is 5. The predicted octanol–water partition coefficient (Wildman–Crippen LogP) is 8.17. The lowest BCUT2D eigenvalue weighted by Gasteiger charge is -2.22. The molecule has 0 aliphatic heterocycles. The van der Waals surface area contributed by atoms with Gasteiger partial charge in [-0.15, -0.1) is 0 Å². The quantitative estimate of drug-likeness (QED) is 0.0166. The molecule has 386 valence electrons. The summed E-state index contributed by atoms with van der Waals surface area (Å²) in [5, 5.41) is 2.54. The number of nitrogens with one attached hydrogen (secondary N) is 1. The zero-order chi connectivity index (χ0) is 52.0. The Labute approximate surface area is 433 Å². The van der Waals surface area contributed by atoms with Crippen LogP contribution in [0.2, 0.25) is 0 Å². The molecule has 9 N–H and O–H groups in total. The van der Waals surface area contributed by atoms with Crippen LogP contribution in [0.25, 0.3) is 0 Å². The van der Waals surface area contributed by atoms with E-state index in [-0.39, 0.29) is 36.5 Å². The first-order chi connectivity index (χ1) is 35.0. The monoisotopic (exact) mass is 1000 g/mol. The smallest absolute Gasteiger partial charge is 0.245 e. The number of benzene rings is 6. The molecule has 0 aliphatic rings. The summed E-state index contributed by atoms with van der Waals surface area (Å²) in [5.74, 6) is 1.19. The van der Waals surface area contributed by atoms with Crippen LogP contribution in [-0.2, 0) is 68.0 Å². The van der Waals surface area contributed by atoms with E-state index in [1.165, 1.54) is 15.7 Å². The highest BCUT2D eigenvalue weighted by molar-refractivity contribution is 7.80. The molecule has 3 amide bonds. The van der Waals surface area contributed by atoms with E-state index in [1.807, 2.05) is 170 Å². The van der Waals surface area contributed by atoms with Crippen LogP contribution in [0.15, 0.2) is 182 Å². The Balaban J connectivity index is 0.000000258. The van der Waals surface area contributed by atoms with Gasteiger partial charge in [0.2, 0.25) is 18.7 Å². The molecular weight excluding hydrogens is 923 g/mol. The lowest BCUT2D eigenvalue weighted by molar-refractivity contribution is -0.179. The molecule has 13 nitrogen and oxygen atoms in total. The van der Waals surface area contributed by atoms with Gasteiger partial charge < -0.3 is 22.9 Å². The lowest BCUT2D eigenvalue weighted by atomic mass is 10.0. The second-order valence-electron chi connectivity index (χ2n) is 17.7. The lowest BCUT2D eigenvalue weighted by Crippen LogP contribution is -2.38. The van der Waals surface area contributed by atoms with Crippen LogP contribution in [-0.4, -0.2) is 71.9 Å². The summed E-state index contributed by atoms with van der Waals surface area (Å²) >= 11 is 4.15. The van der Waals surface area contributed by atoms with Crippen LogP contribution in [0.5, 0.6) is 0 Å². The standard InChI is InChI=1S/2C17H20N2O2.C14H22N2O2.C10H15NS/c18-17(11-15-7-3-1-4-8-15)12-19(14-20)21-13-16-9-5-2-6-10-16;18-16(11-14-7-3-1-4-8-14)12-17(20)19-21-13-15-9-5-2-6-10-15;1-12(2)8-14(15)9-16(11-17)18-10-13-6-4-3-5-7-13;11-10(6-7-12)8-9-4-2-1-3-5-9/h1-10,14,17H,11-13,18H2;1-10,16H,11-13,18H2,(H,19,20);3-7,11-12,14H,8-10,15H2,1-2H3;1-5,10,12H,6-8,11H2. The van der Waals surface area contributed by atoms with Crippen LogP contribution < -0.4 is 28.4 Å². The first kappa shape index (κ1) is 60.1. The van der Waals surface area contributed by atoms with Gasteiger partial charge in [0, 0.05) is 30.6 Å². The molecule has 6 aromatic carbocycles. The summed E-state index contributed by atoms with van der Waals surface area (Å²) in [7, 11) is 0. The van der Waals surface area contributed by atoms with Gasteiger partial charge >= 0.3 is 0 Å². The Kier molecular flexibility index (Phi) is 31.4. The highest BCUT2D eigenvalue weighted by Gasteiger charge is 2.13. The first-order valence-corrected chi connectivity index (χ1v) is 25.1. The highest BCUT2D eigenvalue weighted by Crippen LogP contribution is 2.09. The third-order valence-corrected chi connectivity index (χ3v) is 10.8. The molecule has 0 heterocycles. The molecule has 0 spiro atoms. The Morgan fingerprint density at radius 1 is 0.500 bits per heavy atom. The summed E-state index contributed by atoms with van der Waals surface area (Å²) in [6.45, 7) is 6.09. The van der Waals surface area contributed by atoms with Gasteiger partial charge in [0.05, 0.1) is 19.7 Å². The Morgan fingerprint density at radius 3 is 1.19 bits per heavy atom. The van der Waals surface area contributed by atoms with Gasteiger partial charge in [-0.3, -0.25) is 28.9 Å². The summed E-state index contributed by atoms with van der Waals surface area (Å²) in [6, 6.07) is 59.1. The fraction of sp³-hybridized carbons (Fsp3) is 0.328. The van der Waals surface area contributed by atoms with Crippen molar-refractivity contribution in [2.45, 2.75) is 96.4 Å². The van der Waals surface area contributed by atoms with Crippen LogP contribution >= 0.6 is 12.6 Å². The minimum atomic E-state index is -0.215. The number of nitrogens with zero attached hydrogens (tertiary/aromatic N) is 2. The van der Waals surface area contributed by atoms with E-state index in [1.54, 1.807) is 0 Å². The zero-order valence-corrected chi connectivity index (χ0v) is 42.8. The van der Waals surface area contributed by atoms with Gasteiger partial charge in [0.15, 0.2) is 0 Å². The normalized spacial score (nSPS) is 12.2. The zero-order valence-electron chi connectivity index (χ0n) is 41.9. The molecule has 0 saturated carbocycles. The van der Waals surface area contributed by atoms with Crippen LogP contribution in [0.3, 0.4) is 0 Å². The van der Waals surface area contributed by atoms with Crippen molar-refractivity contribution in [3.8, 4) is 0 Å². The predicted molar refractivity (Wildman–Crippen MR) is 292 cm³/mol. The van der Waals surface area contributed by atoms with E-state index < -0.39 is 0 Å². The van der Waals surface area contributed by atoms with E-state index >= 15 is 0 Å². The van der Waals surface area contributed by atoms with Gasteiger partial charge in [0.25, 0.3) is 0 Å². The highest BCUT2D eigenvalue weighted by atomic mass is 32.1. The van der Waals surface area contributed by atoms with E-state index in [9.17, 15) is 14.4 Å². The summed E-state index contributed by atoms with van der Waals surface area (Å²) in [5.41, 5.74) is 32.9. The van der Waals surface area contributed by atoms with Gasteiger partial charge in [-0.25, -0.2) is 15.6 Å². The second-order valence-corrected chi connectivity index (χ2v) is 18.1. The number of thiol groups is 1. The Morgan fingerprint density at radius 2 is 0.833 bits per heavy atom. The maximum atomic E-state index is 11.7. The topological polar surface area (TPSA) is 201 Å². The van der Waals surface area contributed by atoms with E-state index in [0.29, 0.717) is 64.5 Å². The first-order valence-electron chi connectivity index (χ1n) is 24.4. The van der Waals surface area contributed by atoms with Gasteiger partial charge in [-0.05, 0) is 77.2 Å².